The molecule has 7 heteroatoms. The highest BCUT2D eigenvalue weighted by molar-refractivity contribution is 8.00. The fourth-order valence-electron chi connectivity index (χ4n) is 5.05. The summed E-state index contributed by atoms with van der Waals surface area (Å²) in [6.07, 6.45) is 5.65. The molecule has 0 radical (unpaired) electrons. The summed E-state index contributed by atoms with van der Waals surface area (Å²) in [7, 11) is 0. The van der Waals surface area contributed by atoms with E-state index in [1.807, 2.05) is 30.0 Å². The molecule has 0 unspecified atom stereocenters. The lowest BCUT2D eigenvalue weighted by atomic mass is 9.98. The van der Waals surface area contributed by atoms with Gasteiger partial charge in [0.25, 0.3) is 0 Å². The van der Waals surface area contributed by atoms with Crippen LogP contribution in [0, 0.1) is 0 Å². The number of carbonyl (C=O) groups is 2. The average Bonchev–Trinajstić information content (AvgIpc) is 3.47. The predicted octanol–water partition coefficient (Wildman–Crippen LogP) is 3.15. The minimum absolute atomic E-state index is 0.00614. The van der Waals surface area contributed by atoms with Crippen LogP contribution >= 0.6 is 11.8 Å². The molecular weight excluding hydrogens is 396 g/mol. The molecule has 2 aromatic rings. The van der Waals surface area contributed by atoms with Crippen molar-refractivity contribution in [3.63, 3.8) is 0 Å². The number of amides is 3. The van der Waals surface area contributed by atoms with Crippen molar-refractivity contribution in [2.45, 2.75) is 55.6 Å². The molecule has 0 aliphatic carbocycles. The van der Waals surface area contributed by atoms with E-state index in [9.17, 15) is 9.59 Å². The van der Waals surface area contributed by atoms with Gasteiger partial charge < -0.3 is 20.1 Å². The van der Waals surface area contributed by atoms with Crippen molar-refractivity contribution in [1.29, 1.82) is 0 Å². The largest absolute Gasteiger partial charge is 0.348 e. The van der Waals surface area contributed by atoms with E-state index in [2.05, 4.69) is 50.6 Å². The predicted molar refractivity (Wildman–Crippen MR) is 118 cm³/mol. The number of thioether (sulfide) groups is 1. The lowest BCUT2D eigenvalue weighted by Gasteiger charge is -2.37. The second-order valence-electron chi connectivity index (χ2n) is 8.39. The third-order valence-electron chi connectivity index (χ3n) is 6.54. The second-order valence-corrected chi connectivity index (χ2v) is 9.67. The van der Waals surface area contributed by atoms with Gasteiger partial charge in [-0.05, 0) is 30.5 Å². The maximum absolute atomic E-state index is 13.2. The summed E-state index contributed by atoms with van der Waals surface area (Å²) in [6, 6.07) is 15.0. The van der Waals surface area contributed by atoms with E-state index in [0.29, 0.717) is 11.7 Å². The summed E-state index contributed by atoms with van der Waals surface area (Å²) in [5, 5.41) is 6.50. The third-order valence-corrected chi connectivity index (χ3v) is 8.05. The first-order valence-corrected chi connectivity index (χ1v) is 11.9. The lowest BCUT2D eigenvalue weighted by molar-refractivity contribution is -0.134. The van der Waals surface area contributed by atoms with Crippen molar-refractivity contribution in [3.05, 3.63) is 59.9 Å². The topological polar surface area (TPSA) is 66.4 Å². The first-order valence-electron chi connectivity index (χ1n) is 10.9. The van der Waals surface area contributed by atoms with E-state index >= 15 is 0 Å². The Kier molecular flexibility index (Phi) is 5.46. The number of nitrogens with one attached hydrogen (secondary N) is 2. The molecule has 3 aliphatic heterocycles. The molecule has 3 aliphatic rings. The third kappa shape index (κ3) is 3.71. The quantitative estimate of drug-likeness (QED) is 0.553. The van der Waals surface area contributed by atoms with Gasteiger partial charge in [-0.15, -0.1) is 0 Å². The minimum Gasteiger partial charge on any atom is -0.348 e. The number of carbonyl (C=O) groups excluding carboxylic acids is 2. The highest BCUT2D eigenvalue weighted by Gasteiger charge is 2.42. The zero-order valence-corrected chi connectivity index (χ0v) is 17.8. The molecule has 0 spiro atoms. The standard InChI is InChI=1S/C23H28N4O2S/c28-20(11-5-4-10-19-21-17(15-30-19)24-23(29)25-21)27-14-13-26-12-6-9-18(26)22(27)16-7-2-1-3-8-16/h1-3,6-9,12,17,19,21-22H,4-5,10-11,13-15H2,(H2,24,25,29)/t17-,19-,21-,22+/m0/s1. The Labute approximate surface area is 181 Å². The van der Waals surface area contributed by atoms with Crippen molar-refractivity contribution in [3.8, 4) is 0 Å². The summed E-state index contributed by atoms with van der Waals surface area (Å²) in [4.78, 5) is 26.8. The molecule has 2 N–H and O–H groups in total. The zero-order chi connectivity index (χ0) is 20.5. The van der Waals surface area contributed by atoms with Crippen LogP contribution in [0.15, 0.2) is 48.7 Å². The highest BCUT2D eigenvalue weighted by Crippen LogP contribution is 2.35. The van der Waals surface area contributed by atoms with E-state index in [-0.39, 0.29) is 30.1 Å². The maximum Gasteiger partial charge on any atom is 0.315 e. The average molecular weight is 425 g/mol. The Balaban J connectivity index is 1.19. The van der Waals surface area contributed by atoms with Gasteiger partial charge in [0.1, 0.15) is 0 Å². The van der Waals surface area contributed by atoms with Crippen molar-refractivity contribution < 1.29 is 9.59 Å². The molecule has 4 atom stereocenters. The molecule has 3 amide bonds. The summed E-state index contributed by atoms with van der Waals surface area (Å²) in [5.74, 6) is 1.23. The van der Waals surface area contributed by atoms with E-state index in [4.69, 9.17) is 0 Å². The van der Waals surface area contributed by atoms with Crippen molar-refractivity contribution >= 4 is 23.7 Å². The zero-order valence-electron chi connectivity index (χ0n) is 17.0. The van der Waals surface area contributed by atoms with Crippen LogP contribution in [0.3, 0.4) is 0 Å². The summed E-state index contributed by atoms with van der Waals surface area (Å²) in [6.45, 7) is 1.60. The number of aromatic nitrogens is 1. The molecule has 5 rings (SSSR count). The monoisotopic (exact) mass is 424 g/mol. The van der Waals surface area contributed by atoms with Crippen LogP contribution in [0.25, 0.3) is 0 Å². The summed E-state index contributed by atoms with van der Waals surface area (Å²) >= 11 is 1.94. The molecule has 1 aromatic carbocycles. The first-order chi connectivity index (χ1) is 14.7. The van der Waals surface area contributed by atoms with Crippen LogP contribution < -0.4 is 10.6 Å². The van der Waals surface area contributed by atoms with Crippen LogP contribution in [0.1, 0.15) is 43.0 Å². The molecule has 30 heavy (non-hydrogen) atoms. The molecular formula is C23H28N4O2S. The summed E-state index contributed by atoms with van der Waals surface area (Å²) in [5.41, 5.74) is 2.36. The van der Waals surface area contributed by atoms with Gasteiger partial charge in [0.15, 0.2) is 0 Å². The van der Waals surface area contributed by atoms with Gasteiger partial charge >= 0.3 is 6.03 Å². The Morgan fingerprint density at radius 2 is 1.93 bits per heavy atom. The van der Waals surface area contributed by atoms with Crippen molar-refractivity contribution in [2.24, 2.45) is 0 Å². The van der Waals surface area contributed by atoms with Crippen LogP contribution in [0.2, 0.25) is 0 Å². The second kappa shape index (κ2) is 8.38. The normalized spacial score (nSPS) is 27.3. The smallest absolute Gasteiger partial charge is 0.315 e. The Morgan fingerprint density at radius 3 is 2.80 bits per heavy atom. The lowest BCUT2D eigenvalue weighted by Crippen LogP contribution is -2.42. The van der Waals surface area contributed by atoms with E-state index in [0.717, 1.165) is 38.1 Å². The van der Waals surface area contributed by atoms with E-state index < -0.39 is 0 Å². The molecule has 2 fully saturated rings. The molecule has 158 valence electrons. The fourth-order valence-corrected chi connectivity index (χ4v) is 6.59. The Morgan fingerprint density at radius 1 is 1.07 bits per heavy atom. The van der Waals surface area contributed by atoms with Gasteiger partial charge in [0.2, 0.25) is 5.91 Å². The van der Waals surface area contributed by atoms with Crippen LogP contribution in [-0.4, -0.2) is 51.0 Å². The number of rotatable bonds is 6. The Bertz CT molecular complexity index is 915. The molecule has 6 nitrogen and oxygen atoms in total. The molecule has 4 heterocycles. The molecule has 2 saturated heterocycles. The van der Waals surface area contributed by atoms with Crippen LogP contribution in [0.4, 0.5) is 4.79 Å². The van der Waals surface area contributed by atoms with Crippen LogP contribution in [-0.2, 0) is 11.3 Å². The highest BCUT2D eigenvalue weighted by atomic mass is 32.2. The fraction of sp³-hybridized carbons (Fsp3) is 0.478. The van der Waals surface area contributed by atoms with Gasteiger partial charge in [-0.25, -0.2) is 4.79 Å². The number of hydrogen-bond donors (Lipinski definition) is 2. The number of urea groups is 1. The van der Waals surface area contributed by atoms with Crippen molar-refractivity contribution in [1.82, 2.24) is 20.1 Å². The number of benzene rings is 1. The van der Waals surface area contributed by atoms with Crippen LogP contribution in [0.5, 0.6) is 0 Å². The van der Waals surface area contributed by atoms with Gasteiger partial charge in [0.05, 0.1) is 18.1 Å². The number of hydrogen-bond acceptors (Lipinski definition) is 3. The first kappa shape index (κ1) is 19.5. The SMILES string of the molecule is O=C1N[C@H]2[C@H](CS[C@H]2CCCCC(=O)N2CCn3cccc3[C@H]2c2ccccc2)N1. The van der Waals surface area contributed by atoms with Gasteiger partial charge in [-0.2, -0.15) is 11.8 Å². The molecule has 0 saturated carbocycles. The van der Waals surface area contributed by atoms with E-state index in [1.165, 1.54) is 11.3 Å². The number of fused-ring (bicyclic) bond motifs is 2. The molecule has 1 aromatic heterocycles. The van der Waals surface area contributed by atoms with E-state index in [1.54, 1.807) is 0 Å². The van der Waals surface area contributed by atoms with Gasteiger partial charge in [-0.1, -0.05) is 36.8 Å². The van der Waals surface area contributed by atoms with Gasteiger partial charge in [-0.3, -0.25) is 4.79 Å². The number of nitrogens with zero attached hydrogens (tertiary/aromatic N) is 2. The Hall–Kier alpha value is -2.41. The van der Waals surface area contributed by atoms with Crippen molar-refractivity contribution in [2.75, 3.05) is 12.3 Å². The summed E-state index contributed by atoms with van der Waals surface area (Å²) < 4.78 is 2.26. The maximum atomic E-state index is 13.2. The molecule has 0 bridgehead atoms. The van der Waals surface area contributed by atoms with Gasteiger partial charge in [0, 0.05) is 42.4 Å². The number of unbranched alkanes of at least 4 members (excludes halogenated alkanes) is 1. The minimum atomic E-state index is -0.0349.